The van der Waals surface area contributed by atoms with E-state index >= 15 is 0 Å². The van der Waals surface area contributed by atoms with Gasteiger partial charge in [-0.3, -0.25) is 4.79 Å². The second kappa shape index (κ2) is 9.44. The Labute approximate surface area is 170 Å². The number of benzene rings is 2. The molecule has 0 radical (unpaired) electrons. The first-order valence-electron chi connectivity index (χ1n) is 9.20. The number of nitrogens with one attached hydrogen (secondary N) is 2. The molecule has 0 fully saturated rings. The lowest BCUT2D eigenvalue weighted by Crippen LogP contribution is -2.22. The summed E-state index contributed by atoms with van der Waals surface area (Å²) in [7, 11) is 3.98. The topological polar surface area (TPSA) is 93.9 Å². The van der Waals surface area contributed by atoms with Crippen molar-refractivity contribution in [2.24, 2.45) is 0 Å². The minimum Gasteiger partial charge on any atom is -0.369 e. The third-order valence-corrected chi connectivity index (χ3v) is 4.15. The summed E-state index contributed by atoms with van der Waals surface area (Å²) in [5.74, 6) is 0.626. The molecule has 0 atom stereocenters. The van der Waals surface area contributed by atoms with Gasteiger partial charge in [0, 0.05) is 24.7 Å². The molecular weight excluding hydrogens is 364 g/mol. The van der Waals surface area contributed by atoms with Crippen LogP contribution in [-0.4, -0.2) is 48.0 Å². The molecule has 3 rings (SSSR count). The summed E-state index contributed by atoms with van der Waals surface area (Å²) in [5, 5.41) is 15.3. The molecule has 1 amide bonds. The number of hydrogen-bond donors (Lipinski definition) is 2. The molecule has 29 heavy (non-hydrogen) atoms. The maximum Gasteiger partial charge on any atom is 0.274 e. The third-order valence-electron chi connectivity index (χ3n) is 4.15. The molecule has 2 aromatic carbocycles. The summed E-state index contributed by atoms with van der Waals surface area (Å²) >= 11 is 0. The number of anilines is 2. The number of nitrogens with zero attached hydrogens (tertiary/aromatic N) is 4. The summed E-state index contributed by atoms with van der Waals surface area (Å²) in [4.78, 5) is 23.9. The van der Waals surface area contributed by atoms with Crippen LogP contribution < -0.4 is 10.6 Å². The number of nitriles is 1. The van der Waals surface area contributed by atoms with E-state index < -0.39 is 5.91 Å². The Balaban J connectivity index is 1.91. The molecule has 1 heterocycles. The zero-order chi connectivity index (χ0) is 20.6. The van der Waals surface area contributed by atoms with E-state index in [0.29, 0.717) is 29.4 Å². The molecule has 1 aromatic heterocycles. The van der Waals surface area contributed by atoms with Crippen LogP contribution in [0.25, 0.3) is 11.4 Å². The van der Waals surface area contributed by atoms with E-state index in [-0.39, 0.29) is 5.69 Å². The van der Waals surface area contributed by atoms with Gasteiger partial charge < -0.3 is 15.5 Å². The van der Waals surface area contributed by atoms with Crippen LogP contribution in [-0.2, 0) is 0 Å². The Kier molecular flexibility index (Phi) is 6.51. The summed E-state index contributed by atoms with van der Waals surface area (Å²) in [6.07, 6.45) is 0. The standard InChI is InChI=1S/C22H22N6O/c1-28(2)13-12-24-20-14-19(25-21(27-20)16-8-4-3-5-9-16)22(29)26-18-11-7-6-10-17(18)15-23/h3-11,14H,12-13H2,1-2H3,(H,26,29)(H,24,25,27). The van der Waals surface area contributed by atoms with Crippen LogP contribution in [0.15, 0.2) is 60.7 Å². The van der Waals surface area contributed by atoms with Crippen LogP contribution in [0.2, 0.25) is 0 Å². The molecule has 0 aliphatic carbocycles. The summed E-state index contributed by atoms with van der Waals surface area (Å²) < 4.78 is 0. The summed E-state index contributed by atoms with van der Waals surface area (Å²) in [6.45, 7) is 1.50. The monoisotopic (exact) mass is 386 g/mol. The number of carbonyl (C=O) groups is 1. The SMILES string of the molecule is CN(C)CCNc1cc(C(=O)Nc2ccccc2C#N)nc(-c2ccccc2)n1. The first-order valence-corrected chi connectivity index (χ1v) is 9.20. The van der Waals surface area contributed by atoms with Gasteiger partial charge in [0.15, 0.2) is 5.82 Å². The van der Waals surface area contributed by atoms with Crippen LogP contribution in [0, 0.1) is 11.3 Å². The van der Waals surface area contributed by atoms with Crippen molar-refractivity contribution in [1.82, 2.24) is 14.9 Å². The normalized spacial score (nSPS) is 10.4. The predicted octanol–water partition coefficient (Wildman–Crippen LogP) is 3.24. The average Bonchev–Trinajstić information content (AvgIpc) is 2.74. The van der Waals surface area contributed by atoms with Crippen LogP contribution in [0.5, 0.6) is 0 Å². The van der Waals surface area contributed by atoms with E-state index in [9.17, 15) is 10.1 Å². The van der Waals surface area contributed by atoms with Gasteiger partial charge in [-0.2, -0.15) is 5.26 Å². The molecule has 7 nitrogen and oxygen atoms in total. The Hall–Kier alpha value is -3.76. The molecule has 0 saturated carbocycles. The Morgan fingerprint density at radius 3 is 2.52 bits per heavy atom. The Bertz CT molecular complexity index is 1030. The zero-order valence-electron chi connectivity index (χ0n) is 16.4. The summed E-state index contributed by atoms with van der Waals surface area (Å²) in [5.41, 5.74) is 1.87. The fourth-order valence-corrected chi connectivity index (χ4v) is 2.65. The van der Waals surface area contributed by atoms with Crippen molar-refractivity contribution in [1.29, 1.82) is 5.26 Å². The van der Waals surface area contributed by atoms with Gasteiger partial charge in [0.1, 0.15) is 17.6 Å². The number of rotatable bonds is 7. The molecule has 0 bridgehead atoms. The first-order chi connectivity index (χ1) is 14.1. The Morgan fingerprint density at radius 1 is 1.07 bits per heavy atom. The van der Waals surface area contributed by atoms with Crippen LogP contribution in [0.1, 0.15) is 16.1 Å². The van der Waals surface area contributed by atoms with Gasteiger partial charge in [0.05, 0.1) is 11.3 Å². The highest BCUT2D eigenvalue weighted by Crippen LogP contribution is 2.20. The molecule has 0 unspecified atom stereocenters. The van der Waals surface area contributed by atoms with Crippen molar-refractivity contribution in [2.75, 3.05) is 37.8 Å². The first kappa shape index (κ1) is 20.0. The van der Waals surface area contributed by atoms with Gasteiger partial charge in [0.2, 0.25) is 0 Å². The van der Waals surface area contributed by atoms with Crippen LogP contribution >= 0.6 is 0 Å². The molecule has 3 aromatic rings. The van der Waals surface area contributed by atoms with Crippen molar-refractivity contribution in [2.45, 2.75) is 0 Å². The second-order valence-corrected chi connectivity index (χ2v) is 6.67. The number of hydrogen-bond acceptors (Lipinski definition) is 6. The van der Waals surface area contributed by atoms with E-state index in [2.05, 4.69) is 31.6 Å². The maximum atomic E-state index is 12.9. The minimum atomic E-state index is -0.400. The Morgan fingerprint density at radius 2 is 1.79 bits per heavy atom. The molecular formula is C22H22N6O. The average molecular weight is 386 g/mol. The fourth-order valence-electron chi connectivity index (χ4n) is 2.65. The van der Waals surface area contributed by atoms with E-state index in [0.717, 1.165) is 12.1 Å². The third kappa shape index (κ3) is 5.37. The van der Waals surface area contributed by atoms with Gasteiger partial charge in [0.25, 0.3) is 5.91 Å². The second-order valence-electron chi connectivity index (χ2n) is 6.67. The molecule has 0 aliphatic heterocycles. The molecule has 0 spiro atoms. The van der Waals surface area contributed by atoms with Gasteiger partial charge in [-0.05, 0) is 26.2 Å². The highest BCUT2D eigenvalue weighted by atomic mass is 16.1. The number of likely N-dealkylation sites (N-methyl/N-ethyl adjacent to an activating group) is 1. The summed E-state index contributed by atoms with van der Waals surface area (Å²) in [6, 6.07) is 20.0. The van der Waals surface area contributed by atoms with E-state index in [4.69, 9.17) is 0 Å². The van der Waals surface area contributed by atoms with Gasteiger partial charge in [-0.25, -0.2) is 9.97 Å². The molecule has 146 valence electrons. The zero-order valence-corrected chi connectivity index (χ0v) is 16.4. The largest absolute Gasteiger partial charge is 0.369 e. The van der Waals surface area contributed by atoms with Crippen LogP contribution in [0.4, 0.5) is 11.5 Å². The van der Waals surface area contributed by atoms with Gasteiger partial charge >= 0.3 is 0 Å². The fraction of sp³-hybridized carbons (Fsp3) is 0.182. The van der Waals surface area contributed by atoms with E-state index in [1.807, 2.05) is 44.4 Å². The maximum absolute atomic E-state index is 12.9. The quantitative estimate of drug-likeness (QED) is 0.647. The van der Waals surface area contributed by atoms with Crippen molar-refractivity contribution < 1.29 is 4.79 Å². The van der Waals surface area contributed by atoms with Gasteiger partial charge in [-0.15, -0.1) is 0 Å². The van der Waals surface area contributed by atoms with Gasteiger partial charge in [-0.1, -0.05) is 42.5 Å². The highest BCUT2D eigenvalue weighted by molar-refractivity contribution is 6.04. The lowest BCUT2D eigenvalue weighted by molar-refractivity contribution is 0.102. The number of aromatic nitrogens is 2. The van der Waals surface area contributed by atoms with Crippen molar-refractivity contribution in [3.05, 3.63) is 71.9 Å². The minimum absolute atomic E-state index is 0.221. The number of amides is 1. The van der Waals surface area contributed by atoms with Crippen LogP contribution in [0.3, 0.4) is 0 Å². The van der Waals surface area contributed by atoms with Crippen molar-refractivity contribution >= 4 is 17.4 Å². The van der Waals surface area contributed by atoms with Crippen molar-refractivity contribution in [3.63, 3.8) is 0 Å². The number of carbonyl (C=O) groups excluding carboxylic acids is 1. The molecule has 2 N–H and O–H groups in total. The molecule has 0 aliphatic rings. The molecule has 7 heteroatoms. The smallest absolute Gasteiger partial charge is 0.274 e. The highest BCUT2D eigenvalue weighted by Gasteiger charge is 2.15. The van der Waals surface area contributed by atoms with Crippen molar-refractivity contribution in [3.8, 4) is 17.5 Å². The number of para-hydroxylation sites is 1. The predicted molar refractivity (Wildman–Crippen MR) is 114 cm³/mol. The lowest BCUT2D eigenvalue weighted by Gasteiger charge is -2.13. The van der Waals surface area contributed by atoms with E-state index in [1.54, 1.807) is 30.3 Å². The lowest BCUT2D eigenvalue weighted by atomic mass is 10.2. The van der Waals surface area contributed by atoms with E-state index in [1.165, 1.54) is 0 Å². The molecule has 0 saturated heterocycles.